The lowest BCUT2D eigenvalue weighted by atomic mass is 10.1. The molecule has 17 heavy (non-hydrogen) atoms. The first kappa shape index (κ1) is 12.8. The van der Waals surface area contributed by atoms with Crippen LogP contribution in [0.2, 0.25) is 0 Å². The topological polar surface area (TPSA) is 32.7 Å². The Kier molecular flexibility index (Phi) is 5.23. The first-order valence-corrected chi connectivity index (χ1v) is 6.70. The van der Waals surface area contributed by atoms with E-state index < -0.39 is 0 Å². The van der Waals surface area contributed by atoms with E-state index in [1.807, 2.05) is 0 Å². The summed E-state index contributed by atoms with van der Waals surface area (Å²) in [6.45, 7) is 3.97. The lowest BCUT2D eigenvalue weighted by Gasteiger charge is -2.29. The van der Waals surface area contributed by atoms with Crippen LogP contribution in [0.5, 0.6) is 0 Å². The standard InChI is InChI=1S/C14H23NO2/c16-13-7-10-15(11-8-13)9-4-12-17-14-5-2-1-3-6-14/h2-3,5-6,13-14,16H,1,4,7-12H2. The van der Waals surface area contributed by atoms with E-state index >= 15 is 0 Å². The van der Waals surface area contributed by atoms with Gasteiger partial charge in [0, 0.05) is 26.2 Å². The minimum Gasteiger partial charge on any atom is -0.393 e. The zero-order valence-electron chi connectivity index (χ0n) is 10.4. The normalized spacial score (nSPS) is 23.4. The van der Waals surface area contributed by atoms with Gasteiger partial charge < -0.3 is 14.7 Å². The Hall–Kier alpha value is -0.640. The highest BCUT2D eigenvalue weighted by Gasteiger charge is 2.16. The van der Waals surface area contributed by atoms with Crippen molar-refractivity contribution in [3.05, 3.63) is 24.3 Å². The van der Waals surface area contributed by atoms with Crippen LogP contribution in [0.3, 0.4) is 0 Å². The van der Waals surface area contributed by atoms with Crippen molar-refractivity contribution in [3.8, 4) is 0 Å². The Morgan fingerprint density at radius 1 is 1.18 bits per heavy atom. The van der Waals surface area contributed by atoms with Crippen molar-refractivity contribution in [2.45, 2.75) is 37.9 Å². The number of rotatable bonds is 5. The molecule has 0 aromatic carbocycles. The van der Waals surface area contributed by atoms with Gasteiger partial charge in [0.1, 0.15) is 0 Å². The third kappa shape index (κ3) is 4.62. The minimum atomic E-state index is -0.0694. The molecule has 2 aliphatic rings. The molecule has 0 radical (unpaired) electrons. The molecule has 2 rings (SSSR count). The predicted octanol–water partition coefficient (Wildman–Crippen LogP) is 1.73. The van der Waals surface area contributed by atoms with Gasteiger partial charge in [0.25, 0.3) is 0 Å². The number of nitrogens with zero attached hydrogens (tertiary/aromatic N) is 1. The molecule has 0 aromatic heterocycles. The number of ether oxygens (including phenoxy) is 1. The summed E-state index contributed by atoms with van der Waals surface area (Å²) in [5.41, 5.74) is 0. The highest BCUT2D eigenvalue weighted by Crippen LogP contribution is 2.10. The van der Waals surface area contributed by atoms with Crippen LogP contribution in [0, 0.1) is 0 Å². The second-order valence-electron chi connectivity index (χ2n) is 4.85. The Bertz CT molecular complexity index is 255. The Morgan fingerprint density at radius 2 is 1.88 bits per heavy atom. The van der Waals surface area contributed by atoms with E-state index in [4.69, 9.17) is 4.74 Å². The molecule has 0 bridgehead atoms. The molecule has 1 aliphatic heterocycles. The van der Waals surface area contributed by atoms with Crippen LogP contribution in [0.25, 0.3) is 0 Å². The molecule has 0 atom stereocenters. The maximum Gasteiger partial charge on any atom is 0.0937 e. The van der Waals surface area contributed by atoms with Gasteiger partial charge in [-0.1, -0.05) is 24.3 Å². The lowest BCUT2D eigenvalue weighted by Crippen LogP contribution is -2.36. The van der Waals surface area contributed by atoms with Gasteiger partial charge in [0.15, 0.2) is 0 Å². The van der Waals surface area contributed by atoms with Gasteiger partial charge in [-0.05, 0) is 25.7 Å². The SMILES string of the molecule is OC1CCN(CCCOC2C=CCC=C2)CC1. The maximum atomic E-state index is 9.40. The van der Waals surface area contributed by atoms with E-state index in [9.17, 15) is 5.11 Å². The fraction of sp³-hybridized carbons (Fsp3) is 0.714. The predicted molar refractivity (Wildman–Crippen MR) is 68.9 cm³/mol. The summed E-state index contributed by atoms with van der Waals surface area (Å²) in [7, 11) is 0. The molecule has 1 N–H and O–H groups in total. The monoisotopic (exact) mass is 237 g/mol. The second kappa shape index (κ2) is 6.94. The van der Waals surface area contributed by atoms with Gasteiger partial charge in [-0.15, -0.1) is 0 Å². The van der Waals surface area contributed by atoms with Gasteiger partial charge >= 0.3 is 0 Å². The molecule has 96 valence electrons. The fourth-order valence-electron chi connectivity index (χ4n) is 2.33. The summed E-state index contributed by atoms with van der Waals surface area (Å²) in [5, 5.41) is 9.40. The van der Waals surface area contributed by atoms with Crippen molar-refractivity contribution in [1.82, 2.24) is 4.90 Å². The number of aliphatic hydroxyl groups excluding tert-OH is 1. The van der Waals surface area contributed by atoms with Crippen LogP contribution in [0.1, 0.15) is 25.7 Å². The molecule has 0 amide bonds. The van der Waals surface area contributed by atoms with Crippen LogP contribution in [0.4, 0.5) is 0 Å². The first-order chi connectivity index (χ1) is 8.34. The zero-order valence-corrected chi connectivity index (χ0v) is 10.4. The van der Waals surface area contributed by atoms with Crippen LogP contribution < -0.4 is 0 Å². The zero-order chi connectivity index (χ0) is 11.9. The van der Waals surface area contributed by atoms with Gasteiger partial charge in [-0.25, -0.2) is 0 Å². The highest BCUT2D eigenvalue weighted by atomic mass is 16.5. The molecular weight excluding hydrogens is 214 g/mol. The summed E-state index contributed by atoms with van der Waals surface area (Å²) >= 11 is 0. The highest BCUT2D eigenvalue weighted by molar-refractivity contribution is 5.10. The van der Waals surface area contributed by atoms with Crippen molar-refractivity contribution in [2.75, 3.05) is 26.2 Å². The quantitative estimate of drug-likeness (QED) is 0.584. The van der Waals surface area contributed by atoms with E-state index in [1.165, 1.54) is 0 Å². The third-order valence-corrected chi connectivity index (χ3v) is 3.41. The molecule has 0 aromatic rings. The molecule has 3 nitrogen and oxygen atoms in total. The lowest BCUT2D eigenvalue weighted by molar-refractivity contribution is 0.0684. The summed E-state index contributed by atoms with van der Waals surface area (Å²) < 4.78 is 5.75. The Balaban J connectivity index is 1.52. The Labute approximate surface area is 104 Å². The van der Waals surface area contributed by atoms with Gasteiger partial charge in [-0.3, -0.25) is 0 Å². The average Bonchev–Trinajstić information content (AvgIpc) is 2.38. The molecule has 3 heteroatoms. The van der Waals surface area contributed by atoms with E-state index in [-0.39, 0.29) is 12.2 Å². The molecule has 1 fully saturated rings. The average molecular weight is 237 g/mol. The van der Waals surface area contributed by atoms with Crippen molar-refractivity contribution < 1.29 is 9.84 Å². The number of allylic oxidation sites excluding steroid dienone is 2. The summed E-state index contributed by atoms with van der Waals surface area (Å²) in [6, 6.07) is 0. The molecule has 0 unspecified atom stereocenters. The maximum absolute atomic E-state index is 9.40. The van der Waals surface area contributed by atoms with E-state index in [0.29, 0.717) is 0 Å². The van der Waals surface area contributed by atoms with Crippen molar-refractivity contribution >= 4 is 0 Å². The largest absolute Gasteiger partial charge is 0.393 e. The number of hydrogen-bond acceptors (Lipinski definition) is 3. The fourth-order valence-corrected chi connectivity index (χ4v) is 2.33. The molecule has 1 heterocycles. The van der Waals surface area contributed by atoms with Crippen LogP contribution in [-0.4, -0.2) is 48.5 Å². The van der Waals surface area contributed by atoms with E-state index in [2.05, 4.69) is 29.2 Å². The smallest absolute Gasteiger partial charge is 0.0937 e. The van der Waals surface area contributed by atoms with Gasteiger partial charge in [-0.2, -0.15) is 0 Å². The van der Waals surface area contributed by atoms with E-state index in [1.54, 1.807) is 0 Å². The third-order valence-electron chi connectivity index (χ3n) is 3.41. The minimum absolute atomic E-state index is 0.0694. The number of hydrogen-bond donors (Lipinski definition) is 1. The first-order valence-electron chi connectivity index (χ1n) is 6.70. The van der Waals surface area contributed by atoms with Crippen molar-refractivity contribution in [1.29, 1.82) is 0 Å². The summed E-state index contributed by atoms with van der Waals surface area (Å²) in [4.78, 5) is 2.42. The Morgan fingerprint density at radius 3 is 2.59 bits per heavy atom. The molecule has 0 saturated carbocycles. The van der Waals surface area contributed by atoms with Crippen molar-refractivity contribution in [3.63, 3.8) is 0 Å². The van der Waals surface area contributed by atoms with Crippen LogP contribution in [-0.2, 0) is 4.74 Å². The van der Waals surface area contributed by atoms with E-state index in [0.717, 1.165) is 51.9 Å². The van der Waals surface area contributed by atoms with Crippen LogP contribution >= 0.6 is 0 Å². The number of piperidine rings is 1. The molecular formula is C14H23NO2. The second-order valence-corrected chi connectivity index (χ2v) is 4.85. The number of aliphatic hydroxyl groups is 1. The molecule has 1 saturated heterocycles. The van der Waals surface area contributed by atoms with Crippen LogP contribution in [0.15, 0.2) is 24.3 Å². The molecule has 0 spiro atoms. The molecule has 1 aliphatic carbocycles. The van der Waals surface area contributed by atoms with Crippen molar-refractivity contribution in [2.24, 2.45) is 0 Å². The number of likely N-dealkylation sites (tertiary alicyclic amines) is 1. The van der Waals surface area contributed by atoms with Gasteiger partial charge in [0.2, 0.25) is 0 Å². The summed E-state index contributed by atoms with van der Waals surface area (Å²) in [6.07, 6.45) is 12.6. The summed E-state index contributed by atoms with van der Waals surface area (Å²) in [5.74, 6) is 0. The van der Waals surface area contributed by atoms with Gasteiger partial charge in [0.05, 0.1) is 12.2 Å².